The average Bonchev–Trinajstić information content (AvgIpc) is 2.76. The minimum absolute atomic E-state index is 0.291. The summed E-state index contributed by atoms with van der Waals surface area (Å²) in [7, 11) is 3.66. The van der Waals surface area contributed by atoms with Crippen molar-refractivity contribution in [2.75, 3.05) is 19.0 Å². The molecule has 0 saturated carbocycles. The molecule has 100 valence electrons. The first-order valence-corrected chi connectivity index (χ1v) is 6.04. The molecule has 2 rings (SSSR count). The van der Waals surface area contributed by atoms with Gasteiger partial charge in [0.25, 0.3) is 0 Å². The van der Waals surface area contributed by atoms with Gasteiger partial charge < -0.3 is 10.0 Å². The molecule has 2 heterocycles. The summed E-state index contributed by atoms with van der Waals surface area (Å²) in [4.78, 5) is 20.8. The topological polar surface area (TPSA) is 110 Å². The van der Waals surface area contributed by atoms with Gasteiger partial charge in [-0.3, -0.25) is 4.79 Å². The van der Waals surface area contributed by atoms with Crippen molar-refractivity contribution in [3.8, 4) is 0 Å². The number of aromatic nitrogens is 6. The molecule has 2 aromatic rings. The molecule has 0 radical (unpaired) electrons. The van der Waals surface area contributed by atoms with Crippen LogP contribution in [-0.2, 0) is 11.3 Å². The molecule has 1 N–H and O–H groups in total. The van der Waals surface area contributed by atoms with E-state index in [0.717, 1.165) is 0 Å². The zero-order valence-corrected chi connectivity index (χ0v) is 11.1. The molecule has 0 atom stereocenters. The van der Waals surface area contributed by atoms with Crippen molar-refractivity contribution < 1.29 is 9.90 Å². The highest BCUT2D eigenvalue weighted by atomic mass is 32.2. The Balaban J connectivity index is 2.19. The fourth-order valence-corrected chi connectivity index (χ4v) is 1.92. The van der Waals surface area contributed by atoms with E-state index in [1.165, 1.54) is 16.4 Å². The van der Waals surface area contributed by atoms with Crippen molar-refractivity contribution in [2.45, 2.75) is 16.7 Å². The molecule has 0 aliphatic heterocycles. The normalized spacial score (nSPS) is 10.4. The lowest BCUT2D eigenvalue weighted by Crippen LogP contribution is -2.13. The Bertz CT molecular complexity index is 585. The van der Waals surface area contributed by atoms with E-state index in [0.29, 0.717) is 16.1 Å². The van der Waals surface area contributed by atoms with Crippen LogP contribution in [0.2, 0.25) is 0 Å². The number of carbonyl (C=O) groups is 1. The third-order valence-electron chi connectivity index (χ3n) is 2.00. The fourth-order valence-electron chi connectivity index (χ4n) is 1.20. The summed E-state index contributed by atoms with van der Waals surface area (Å²) in [5.41, 5.74) is 0. The largest absolute Gasteiger partial charge is 0.480 e. The summed E-state index contributed by atoms with van der Waals surface area (Å²) >= 11 is 1.18. The molecule has 0 spiro atoms. The first-order valence-electron chi connectivity index (χ1n) is 5.22. The van der Waals surface area contributed by atoms with E-state index in [9.17, 15) is 4.79 Å². The SMILES string of the molecule is CN(C)c1nccc(Sc2nnnn2CC(=O)O)n1. The van der Waals surface area contributed by atoms with Crippen LogP contribution >= 0.6 is 11.8 Å². The van der Waals surface area contributed by atoms with Crippen molar-refractivity contribution >= 4 is 23.7 Å². The monoisotopic (exact) mass is 281 g/mol. The fraction of sp³-hybridized carbons (Fsp3) is 0.333. The minimum Gasteiger partial charge on any atom is -0.480 e. The lowest BCUT2D eigenvalue weighted by Gasteiger charge is -2.09. The molecule has 0 unspecified atom stereocenters. The molecule has 0 saturated heterocycles. The number of tetrazole rings is 1. The molecule has 0 fully saturated rings. The van der Waals surface area contributed by atoms with Gasteiger partial charge in [0.2, 0.25) is 11.1 Å². The standard InChI is InChI=1S/C9H11N7O2S/c1-15(2)8-10-4-3-6(11-8)19-9-12-13-14-16(9)5-7(17)18/h3-4H,5H2,1-2H3,(H,17,18). The van der Waals surface area contributed by atoms with Crippen LogP contribution in [0.3, 0.4) is 0 Å². The summed E-state index contributed by atoms with van der Waals surface area (Å²) in [6.45, 7) is -0.291. The molecule has 10 heteroatoms. The summed E-state index contributed by atoms with van der Waals surface area (Å²) in [5, 5.41) is 20.6. The highest BCUT2D eigenvalue weighted by Gasteiger charge is 2.12. The van der Waals surface area contributed by atoms with Crippen LogP contribution in [0.4, 0.5) is 5.95 Å². The lowest BCUT2D eigenvalue weighted by atomic mass is 10.6. The summed E-state index contributed by atoms with van der Waals surface area (Å²) in [6, 6.07) is 1.71. The van der Waals surface area contributed by atoms with Gasteiger partial charge in [0.05, 0.1) is 0 Å². The van der Waals surface area contributed by atoms with Crippen molar-refractivity contribution in [1.82, 2.24) is 30.2 Å². The molecule has 0 aromatic carbocycles. The van der Waals surface area contributed by atoms with Gasteiger partial charge in [-0.05, 0) is 28.3 Å². The summed E-state index contributed by atoms with van der Waals surface area (Å²) in [6.07, 6.45) is 1.62. The van der Waals surface area contributed by atoms with Crippen LogP contribution in [-0.4, -0.2) is 55.3 Å². The van der Waals surface area contributed by atoms with Crippen LogP contribution in [0.15, 0.2) is 22.4 Å². The predicted octanol–water partition coefficient (Wildman–Crippen LogP) is -0.235. The van der Waals surface area contributed by atoms with Gasteiger partial charge in [-0.25, -0.2) is 14.6 Å². The summed E-state index contributed by atoms with van der Waals surface area (Å²) < 4.78 is 1.20. The summed E-state index contributed by atoms with van der Waals surface area (Å²) in [5.74, 6) is -0.451. The highest BCUT2D eigenvalue weighted by molar-refractivity contribution is 7.99. The van der Waals surface area contributed by atoms with Gasteiger partial charge in [0.15, 0.2) is 0 Å². The van der Waals surface area contributed by atoms with Gasteiger partial charge in [0, 0.05) is 20.3 Å². The maximum absolute atomic E-state index is 10.7. The molecular weight excluding hydrogens is 270 g/mol. The predicted molar refractivity (Wildman–Crippen MR) is 65.9 cm³/mol. The molecule has 9 nitrogen and oxygen atoms in total. The number of aliphatic carboxylic acids is 1. The first kappa shape index (κ1) is 13.2. The number of carboxylic acids is 1. The number of hydrogen-bond donors (Lipinski definition) is 1. The molecule has 0 bridgehead atoms. The van der Waals surface area contributed by atoms with Gasteiger partial charge >= 0.3 is 5.97 Å². The Morgan fingerprint density at radius 1 is 1.53 bits per heavy atom. The van der Waals surface area contributed by atoms with Gasteiger partial charge in [0.1, 0.15) is 11.6 Å². The maximum atomic E-state index is 10.7. The van der Waals surface area contributed by atoms with Gasteiger partial charge in [-0.15, -0.1) is 5.10 Å². The van der Waals surface area contributed by atoms with Crippen LogP contribution in [0, 0.1) is 0 Å². The number of hydrogen-bond acceptors (Lipinski definition) is 8. The van der Waals surface area contributed by atoms with Crippen molar-refractivity contribution in [2.24, 2.45) is 0 Å². The molecule has 19 heavy (non-hydrogen) atoms. The van der Waals surface area contributed by atoms with E-state index in [1.54, 1.807) is 17.2 Å². The Kier molecular flexibility index (Phi) is 3.90. The Hall–Kier alpha value is -2.23. The second-order valence-corrected chi connectivity index (χ2v) is 4.69. The van der Waals surface area contributed by atoms with Gasteiger partial charge in [-0.2, -0.15) is 0 Å². The Morgan fingerprint density at radius 2 is 2.32 bits per heavy atom. The van der Waals surface area contributed by atoms with E-state index < -0.39 is 5.97 Å². The Labute approximate surface area is 112 Å². The van der Waals surface area contributed by atoms with Crippen LogP contribution in [0.25, 0.3) is 0 Å². The average molecular weight is 281 g/mol. The zero-order valence-electron chi connectivity index (χ0n) is 10.3. The van der Waals surface area contributed by atoms with Crippen molar-refractivity contribution in [1.29, 1.82) is 0 Å². The Morgan fingerprint density at radius 3 is 3.00 bits per heavy atom. The van der Waals surface area contributed by atoms with Crippen LogP contribution < -0.4 is 4.90 Å². The van der Waals surface area contributed by atoms with E-state index in [2.05, 4.69) is 25.5 Å². The number of carboxylic acid groups (broad SMARTS) is 1. The zero-order chi connectivity index (χ0) is 13.8. The molecule has 0 aliphatic carbocycles. The van der Waals surface area contributed by atoms with Crippen molar-refractivity contribution in [3.05, 3.63) is 12.3 Å². The van der Waals surface area contributed by atoms with Gasteiger partial charge in [-0.1, -0.05) is 0 Å². The second kappa shape index (κ2) is 5.61. The lowest BCUT2D eigenvalue weighted by molar-refractivity contribution is -0.138. The smallest absolute Gasteiger partial charge is 0.325 e. The van der Waals surface area contributed by atoms with E-state index in [4.69, 9.17) is 5.11 Å². The number of anilines is 1. The number of nitrogens with zero attached hydrogens (tertiary/aromatic N) is 7. The quantitative estimate of drug-likeness (QED) is 0.742. The highest BCUT2D eigenvalue weighted by Crippen LogP contribution is 2.23. The van der Waals surface area contributed by atoms with Crippen LogP contribution in [0.1, 0.15) is 0 Å². The van der Waals surface area contributed by atoms with E-state index in [1.807, 2.05) is 14.1 Å². The first-order chi connectivity index (χ1) is 9.06. The minimum atomic E-state index is -1.01. The van der Waals surface area contributed by atoms with E-state index >= 15 is 0 Å². The third-order valence-corrected chi connectivity index (χ3v) is 2.91. The van der Waals surface area contributed by atoms with Crippen molar-refractivity contribution in [3.63, 3.8) is 0 Å². The molecule has 0 aliphatic rings. The maximum Gasteiger partial charge on any atom is 0.325 e. The molecular formula is C9H11N7O2S. The van der Waals surface area contributed by atoms with Crippen LogP contribution in [0.5, 0.6) is 0 Å². The van der Waals surface area contributed by atoms with E-state index in [-0.39, 0.29) is 6.54 Å². The second-order valence-electron chi connectivity index (χ2n) is 3.70. The molecule has 0 amide bonds. The number of rotatable bonds is 5. The molecule has 2 aromatic heterocycles. The third kappa shape index (κ3) is 3.37.